The summed E-state index contributed by atoms with van der Waals surface area (Å²) in [5.41, 5.74) is 0.347. The quantitative estimate of drug-likeness (QED) is 0.199. The van der Waals surface area contributed by atoms with Crippen LogP contribution in [-0.2, 0) is 14.2 Å². The lowest BCUT2D eigenvalue weighted by Gasteiger charge is -2.35. The van der Waals surface area contributed by atoms with E-state index in [9.17, 15) is 0 Å². The molecule has 28 heavy (non-hydrogen) atoms. The number of guanidine groups is 1. The van der Waals surface area contributed by atoms with Crippen molar-refractivity contribution >= 4 is 29.9 Å². The Kier molecular flexibility index (Phi) is 13.7. The molecule has 0 spiro atoms. The second kappa shape index (κ2) is 14.8. The fraction of sp³-hybridized carbons (Fsp3) is 0.952. The van der Waals surface area contributed by atoms with Gasteiger partial charge in [0.2, 0.25) is 0 Å². The van der Waals surface area contributed by atoms with Crippen molar-refractivity contribution in [2.45, 2.75) is 64.4 Å². The molecule has 166 valence electrons. The van der Waals surface area contributed by atoms with Crippen molar-refractivity contribution in [2.75, 3.05) is 60.2 Å². The molecule has 1 saturated carbocycles. The van der Waals surface area contributed by atoms with E-state index in [0.29, 0.717) is 11.5 Å². The standard InChI is InChI=1S/C21H41N3O3.HI/c1-4-22-20(23-18-21(12-17-26-3)10-5-6-11-21)24-13-8-19(9-14-24)27-16-7-15-25-2;/h19H,4-18H2,1-3H3,(H,22,23);1H. The summed E-state index contributed by atoms with van der Waals surface area (Å²) < 4.78 is 16.4. The van der Waals surface area contributed by atoms with Crippen LogP contribution < -0.4 is 5.32 Å². The molecule has 7 heteroatoms. The predicted molar refractivity (Wildman–Crippen MR) is 126 cm³/mol. The lowest BCUT2D eigenvalue weighted by atomic mass is 9.83. The third-order valence-electron chi connectivity index (χ3n) is 5.99. The summed E-state index contributed by atoms with van der Waals surface area (Å²) in [5.74, 6) is 1.08. The Morgan fingerprint density at radius 2 is 1.75 bits per heavy atom. The Morgan fingerprint density at radius 3 is 2.36 bits per heavy atom. The zero-order chi connectivity index (χ0) is 19.4. The molecule has 0 radical (unpaired) electrons. The fourth-order valence-electron chi connectivity index (χ4n) is 4.29. The minimum absolute atomic E-state index is 0. The average Bonchev–Trinajstić information content (AvgIpc) is 3.17. The second-order valence-electron chi connectivity index (χ2n) is 8.02. The van der Waals surface area contributed by atoms with Gasteiger partial charge in [0.1, 0.15) is 0 Å². The van der Waals surface area contributed by atoms with Gasteiger partial charge in [-0.25, -0.2) is 0 Å². The Morgan fingerprint density at radius 1 is 1.07 bits per heavy atom. The van der Waals surface area contributed by atoms with Gasteiger partial charge in [0.25, 0.3) is 0 Å². The zero-order valence-electron chi connectivity index (χ0n) is 18.2. The second-order valence-corrected chi connectivity index (χ2v) is 8.02. The molecule has 0 unspecified atom stereocenters. The summed E-state index contributed by atoms with van der Waals surface area (Å²) in [7, 11) is 3.54. The van der Waals surface area contributed by atoms with Gasteiger partial charge in [-0.1, -0.05) is 12.8 Å². The number of hydrogen-bond acceptors (Lipinski definition) is 4. The third-order valence-corrected chi connectivity index (χ3v) is 5.99. The maximum Gasteiger partial charge on any atom is 0.193 e. The summed E-state index contributed by atoms with van der Waals surface area (Å²) in [6.45, 7) is 8.45. The highest BCUT2D eigenvalue weighted by Gasteiger charge is 2.33. The molecule has 0 atom stereocenters. The van der Waals surface area contributed by atoms with Crippen LogP contribution in [0.2, 0.25) is 0 Å². The van der Waals surface area contributed by atoms with Crippen LogP contribution in [0.25, 0.3) is 0 Å². The van der Waals surface area contributed by atoms with E-state index >= 15 is 0 Å². The molecule has 2 fully saturated rings. The number of rotatable bonds is 11. The van der Waals surface area contributed by atoms with E-state index < -0.39 is 0 Å². The highest BCUT2D eigenvalue weighted by atomic mass is 127. The molecule has 1 saturated heterocycles. The first-order chi connectivity index (χ1) is 13.2. The molecular weight excluding hydrogens is 469 g/mol. The molecule has 2 aliphatic rings. The Labute approximate surface area is 189 Å². The SMILES string of the molecule is CCNC(=NCC1(CCOC)CCCC1)N1CCC(OCCCOC)CC1.I. The molecule has 2 rings (SSSR count). The van der Waals surface area contributed by atoms with Gasteiger partial charge in [-0.2, -0.15) is 0 Å². The average molecular weight is 511 g/mol. The number of hydrogen-bond donors (Lipinski definition) is 1. The first-order valence-corrected chi connectivity index (χ1v) is 10.9. The Bertz CT molecular complexity index is 423. The molecule has 1 N–H and O–H groups in total. The van der Waals surface area contributed by atoms with Gasteiger partial charge in [-0.15, -0.1) is 24.0 Å². The van der Waals surface area contributed by atoms with Crippen molar-refractivity contribution in [3.05, 3.63) is 0 Å². The van der Waals surface area contributed by atoms with Gasteiger partial charge < -0.3 is 24.4 Å². The van der Waals surface area contributed by atoms with Crippen LogP contribution in [0.3, 0.4) is 0 Å². The highest BCUT2D eigenvalue weighted by molar-refractivity contribution is 14.0. The minimum atomic E-state index is 0. The van der Waals surface area contributed by atoms with Crippen LogP contribution in [0.4, 0.5) is 0 Å². The monoisotopic (exact) mass is 511 g/mol. The van der Waals surface area contributed by atoms with Crippen molar-refractivity contribution < 1.29 is 14.2 Å². The number of methoxy groups -OCH3 is 2. The maximum absolute atomic E-state index is 5.99. The van der Waals surface area contributed by atoms with Gasteiger partial charge in [-0.05, 0) is 50.9 Å². The molecule has 1 heterocycles. The van der Waals surface area contributed by atoms with E-state index in [1.807, 2.05) is 0 Å². The van der Waals surface area contributed by atoms with E-state index in [0.717, 1.165) is 77.6 Å². The molecule has 0 aromatic rings. The van der Waals surface area contributed by atoms with Crippen LogP contribution in [0, 0.1) is 5.41 Å². The van der Waals surface area contributed by atoms with Crippen molar-refractivity contribution in [2.24, 2.45) is 10.4 Å². The van der Waals surface area contributed by atoms with E-state index in [4.69, 9.17) is 19.2 Å². The first kappa shape index (κ1) is 25.9. The van der Waals surface area contributed by atoms with Crippen LogP contribution in [0.15, 0.2) is 4.99 Å². The molecule has 6 nitrogen and oxygen atoms in total. The number of aliphatic imine (C=N–C) groups is 1. The Hall–Kier alpha value is -0.120. The molecule has 0 aromatic carbocycles. The van der Waals surface area contributed by atoms with Gasteiger partial charge in [-0.3, -0.25) is 4.99 Å². The van der Waals surface area contributed by atoms with E-state index in [-0.39, 0.29) is 24.0 Å². The van der Waals surface area contributed by atoms with Gasteiger partial charge >= 0.3 is 0 Å². The van der Waals surface area contributed by atoms with Crippen LogP contribution in [-0.4, -0.2) is 77.2 Å². The summed E-state index contributed by atoms with van der Waals surface area (Å²) in [4.78, 5) is 7.49. The van der Waals surface area contributed by atoms with Crippen LogP contribution in [0.5, 0.6) is 0 Å². The number of nitrogens with one attached hydrogen (secondary N) is 1. The van der Waals surface area contributed by atoms with Crippen molar-refractivity contribution in [1.29, 1.82) is 0 Å². The van der Waals surface area contributed by atoms with Crippen LogP contribution in [0.1, 0.15) is 58.3 Å². The van der Waals surface area contributed by atoms with E-state index in [2.05, 4.69) is 17.1 Å². The van der Waals surface area contributed by atoms with Crippen molar-refractivity contribution in [3.63, 3.8) is 0 Å². The van der Waals surface area contributed by atoms with Crippen molar-refractivity contribution in [3.8, 4) is 0 Å². The summed E-state index contributed by atoms with van der Waals surface area (Å²) in [5, 5.41) is 3.51. The number of ether oxygens (including phenoxy) is 3. The number of nitrogens with zero attached hydrogens (tertiary/aromatic N) is 2. The van der Waals surface area contributed by atoms with E-state index in [1.165, 1.54) is 25.7 Å². The number of piperidine rings is 1. The number of likely N-dealkylation sites (tertiary alicyclic amines) is 1. The predicted octanol–water partition coefficient (Wildman–Crippen LogP) is 3.68. The largest absolute Gasteiger partial charge is 0.385 e. The van der Waals surface area contributed by atoms with Gasteiger partial charge in [0.05, 0.1) is 6.10 Å². The molecule has 0 amide bonds. The molecular formula is C21H42IN3O3. The van der Waals surface area contributed by atoms with Gasteiger partial charge in [0, 0.05) is 60.2 Å². The molecule has 1 aliphatic heterocycles. The van der Waals surface area contributed by atoms with Crippen LogP contribution >= 0.6 is 24.0 Å². The topological polar surface area (TPSA) is 55.3 Å². The summed E-state index contributed by atoms with van der Waals surface area (Å²) in [6, 6.07) is 0. The highest BCUT2D eigenvalue weighted by Crippen LogP contribution is 2.41. The lowest BCUT2D eigenvalue weighted by molar-refractivity contribution is 0.00986. The molecule has 1 aliphatic carbocycles. The summed E-state index contributed by atoms with van der Waals surface area (Å²) >= 11 is 0. The zero-order valence-corrected chi connectivity index (χ0v) is 20.5. The molecule has 0 aromatic heterocycles. The number of halogens is 1. The minimum Gasteiger partial charge on any atom is -0.385 e. The van der Waals surface area contributed by atoms with E-state index in [1.54, 1.807) is 14.2 Å². The Balaban J connectivity index is 0.00000392. The maximum atomic E-state index is 5.99. The summed E-state index contributed by atoms with van der Waals surface area (Å²) in [6.07, 6.45) is 9.88. The smallest absolute Gasteiger partial charge is 0.193 e. The third kappa shape index (κ3) is 8.71. The first-order valence-electron chi connectivity index (χ1n) is 10.9. The normalized spacial score (nSPS) is 20.2. The van der Waals surface area contributed by atoms with Crippen molar-refractivity contribution in [1.82, 2.24) is 10.2 Å². The van der Waals surface area contributed by atoms with Gasteiger partial charge in [0.15, 0.2) is 5.96 Å². The molecule has 0 bridgehead atoms. The fourth-order valence-corrected chi connectivity index (χ4v) is 4.29. The lowest BCUT2D eigenvalue weighted by Crippen LogP contribution is -2.47.